The molecule has 2 saturated carbocycles. The van der Waals surface area contributed by atoms with Crippen LogP contribution >= 0.6 is 68.0 Å². The molecule has 10 aromatic rings. The zero-order chi connectivity index (χ0) is 83.5. The molecule has 6 aromatic heterocycles. The molecule has 23 nitrogen and oxygen atoms in total. The molecule has 29 heteroatoms. The van der Waals surface area contributed by atoms with Crippen LogP contribution in [0.15, 0.2) is 109 Å². The first-order valence-corrected chi connectivity index (χ1v) is 46.9. The van der Waals surface area contributed by atoms with Crippen LogP contribution in [0.25, 0.3) is 0 Å². The maximum atomic E-state index is 13.0. The van der Waals surface area contributed by atoms with Crippen LogP contribution in [0.5, 0.6) is 11.5 Å². The third-order valence-electron chi connectivity index (χ3n) is 21.4. The Kier molecular flexibility index (Phi) is 37.2. The third-order valence-corrected chi connectivity index (χ3v) is 27.0. The van der Waals surface area contributed by atoms with E-state index in [-0.39, 0.29) is 48.9 Å². The number of ketones is 3. The predicted molar refractivity (Wildman–Crippen MR) is 473 cm³/mol. The molecule has 0 saturated heterocycles. The van der Waals surface area contributed by atoms with Gasteiger partial charge in [-0.3, -0.25) is 39.4 Å². The van der Waals surface area contributed by atoms with Gasteiger partial charge in [0, 0.05) is 56.8 Å². The number of amides is 3. The summed E-state index contributed by atoms with van der Waals surface area (Å²) in [5.41, 5.74) is 3.18. The van der Waals surface area contributed by atoms with E-state index in [4.69, 9.17) is 9.47 Å². The molecule has 2 aliphatic rings. The highest BCUT2D eigenvalue weighted by Gasteiger charge is 2.32. The van der Waals surface area contributed by atoms with Crippen LogP contribution in [0.3, 0.4) is 0 Å². The lowest BCUT2D eigenvalue weighted by Crippen LogP contribution is -2.34. The molecule has 0 bridgehead atoms. The van der Waals surface area contributed by atoms with Crippen molar-refractivity contribution in [1.29, 1.82) is 0 Å². The second-order valence-electron chi connectivity index (χ2n) is 32.3. The molecule has 0 radical (unpaired) electrons. The minimum absolute atomic E-state index is 0.0134. The second-order valence-corrected chi connectivity index (χ2v) is 38.9. The van der Waals surface area contributed by atoms with Crippen molar-refractivity contribution in [2.24, 2.45) is 11.8 Å². The average Bonchev–Trinajstić information content (AvgIpc) is 1.60. The van der Waals surface area contributed by atoms with E-state index in [0.717, 1.165) is 153 Å². The quantitative estimate of drug-likeness (QED) is 0.0299. The van der Waals surface area contributed by atoms with E-state index in [9.17, 15) is 28.8 Å². The summed E-state index contributed by atoms with van der Waals surface area (Å²) < 4.78 is 11.2. The predicted octanol–water partition coefficient (Wildman–Crippen LogP) is 19.9. The monoisotopic (exact) mass is 1710 g/mol. The molecule has 4 aromatic carbocycles. The number of nitrogens with one attached hydrogen (secondary N) is 3. The van der Waals surface area contributed by atoms with E-state index in [2.05, 4.69) is 105 Å². The fraction of sp³-hybridized carbons (Fsp3) is 0.528. The van der Waals surface area contributed by atoms with Crippen LogP contribution < -0.4 is 25.4 Å². The highest BCUT2D eigenvalue weighted by atomic mass is 32.1. The van der Waals surface area contributed by atoms with E-state index >= 15 is 0 Å². The zero-order valence-electron chi connectivity index (χ0n) is 69.6. The number of aryl methyl sites for hydroxylation is 6. The number of benzene rings is 4. The normalized spacial score (nSPS) is 13.3. The van der Waals surface area contributed by atoms with Gasteiger partial charge in [0.25, 0.3) is 5.91 Å². The Morgan fingerprint density at radius 3 is 1.14 bits per heavy atom. The maximum Gasteiger partial charge on any atom is 0.264 e. The molecule has 118 heavy (non-hydrogen) atoms. The summed E-state index contributed by atoms with van der Waals surface area (Å²) in [6.45, 7) is 16.2. The summed E-state index contributed by atoms with van der Waals surface area (Å²) in [6, 6.07) is 35.2. The van der Waals surface area contributed by atoms with E-state index in [1.807, 2.05) is 137 Å². The lowest BCUT2D eigenvalue weighted by Gasteiger charge is -2.23. The van der Waals surface area contributed by atoms with E-state index < -0.39 is 10.8 Å². The lowest BCUT2D eigenvalue weighted by atomic mass is 9.79. The largest absolute Gasteiger partial charge is 0.486 e. The van der Waals surface area contributed by atoms with Gasteiger partial charge in [-0.05, 0) is 156 Å². The summed E-state index contributed by atoms with van der Waals surface area (Å²) >= 11 is 8.82. The fourth-order valence-electron chi connectivity index (χ4n) is 14.0. The van der Waals surface area contributed by atoms with Crippen molar-refractivity contribution in [1.82, 2.24) is 61.2 Å². The fourth-order valence-corrected chi connectivity index (χ4v) is 19.1. The number of Topliss-reactive ketones (excluding diaryl/α,β-unsaturated/α-hetero) is 3. The van der Waals surface area contributed by atoms with Gasteiger partial charge >= 0.3 is 0 Å². The summed E-state index contributed by atoms with van der Waals surface area (Å²) in [7, 11) is 0. The van der Waals surface area contributed by atoms with Crippen LogP contribution in [-0.2, 0) is 97.4 Å². The maximum absolute atomic E-state index is 13.0. The summed E-state index contributed by atoms with van der Waals surface area (Å²) in [5, 5.41) is 68.7. The SMILES string of the molecule is CC(C)(C(=O)Cc1nnc(CCCCc2nnc(NC(=O)C(C)(C)c3ccccc3)s2)s1)c1ccccc1.CC(C)c1ccc(OCC(=O)Cc2nnc(CCCCc3nnc(NC(=O)COc4ccc(C(C)C)cc4)s3)s2)cc1.O=C(CCCC1CCCCC1)Cc1nnc(CCCCc2nnc(NC(=O)CCCC3CCCCC3)s2)s1. The van der Waals surface area contributed by atoms with Crippen LogP contribution in [0.2, 0.25) is 0 Å². The van der Waals surface area contributed by atoms with Crippen molar-refractivity contribution in [3.8, 4) is 11.5 Å². The molecule has 3 amide bonds. The molecule has 3 N–H and O–H groups in total. The number of ether oxygens (including phenoxy) is 2. The van der Waals surface area contributed by atoms with Gasteiger partial charge in [0.15, 0.2) is 12.4 Å². The molecule has 630 valence electrons. The Labute approximate surface area is 718 Å². The van der Waals surface area contributed by atoms with Crippen molar-refractivity contribution in [3.63, 3.8) is 0 Å². The Balaban J connectivity index is 0.000000187. The number of aromatic nitrogens is 12. The number of hydrogen-bond acceptors (Lipinski definition) is 26. The van der Waals surface area contributed by atoms with E-state index in [0.29, 0.717) is 75.2 Å². The molecule has 2 fully saturated rings. The van der Waals surface area contributed by atoms with Crippen LogP contribution in [0, 0.1) is 11.8 Å². The summed E-state index contributed by atoms with van der Waals surface area (Å²) in [6.07, 6.45) is 30.6. The first-order chi connectivity index (χ1) is 57.0. The Morgan fingerprint density at radius 1 is 0.364 bits per heavy atom. The molecule has 0 spiro atoms. The molecule has 6 heterocycles. The van der Waals surface area contributed by atoms with Crippen molar-refractivity contribution in [2.75, 3.05) is 29.2 Å². The van der Waals surface area contributed by atoms with Gasteiger partial charge in [-0.15, -0.1) is 95.2 Å². The van der Waals surface area contributed by atoms with Crippen molar-refractivity contribution >= 4 is 118 Å². The highest BCUT2D eigenvalue weighted by molar-refractivity contribution is 7.16. The van der Waals surface area contributed by atoms with Gasteiger partial charge in [-0.2, -0.15) is 0 Å². The van der Waals surface area contributed by atoms with E-state index in [1.165, 1.54) is 145 Å². The van der Waals surface area contributed by atoms with Crippen molar-refractivity contribution < 1.29 is 38.2 Å². The summed E-state index contributed by atoms with van der Waals surface area (Å²) in [5.74, 6) is 3.97. The highest BCUT2D eigenvalue weighted by Crippen LogP contribution is 2.33. The lowest BCUT2D eigenvalue weighted by molar-refractivity contribution is -0.123. The summed E-state index contributed by atoms with van der Waals surface area (Å²) in [4.78, 5) is 75.1. The number of rotatable bonds is 44. The molecule has 0 aliphatic heterocycles. The number of nitrogens with zero attached hydrogens (tertiary/aromatic N) is 12. The van der Waals surface area contributed by atoms with Gasteiger partial charge in [-0.25, -0.2) is 0 Å². The van der Waals surface area contributed by atoms with Gasteiger partial charge in [0.05, 0.1) is 24.7 Å². The first kappa shape index (κ1) is 91.6. The van der Waals surface area contributed by atoms with Crippen LogP contribution in [-0.4, -0.2) is 109 Å². The number of anilines is 3. The van der Waals surface area contributed by atoms with Crippen LogP contribution in [0.1, 0.15) is 276 Å². The third kappa shape index (κ3) is 31.4. The van der Waals surface area contributed by atoms with Crippen molar-refractivity contribution in [2.45, 2.75) is 277 Å². The number of unbranched alkanes of at least 4 members (excludes halogenated alkanes) is 3. The van der Waals surface area contributed by atoms with Gasteiger partial charge in [0.2, 0.25) is 27.2 Å². The van der Waals surface area contributed by atoms with Crippen molar-refractivity contribution in [3.05, 3.63) is 177 Å². The van der Waals surface area contributed by atoms with Crippen LogP contribution in [0.4, 0.5) is 15.4 Å². The minimum atomic E-state index is -0.671. The number of carbonyl (C=O) groups excluding carboxylic acids is 6. The smallest absolute Gasteiger partial charge is 0.264 e. The minimum Gasteiger partial charge on any atom is -0.486 e. The topological polar surface area (TPSA) is 312 Å². The number of hydrogen-bond donors (Lipinski definition) is 3. The molecule has 0 unspecified atom stereocenters. The Morgan fingerprint density at radius 2 is 0.712 bits per heavy atom. The standard InChI is InChI=1S/C31H37N5O4S2.C29H33N5O2S2.C29H45N5O2S2/c1-20(2)22-9-13-25(14-10-22)39-18-24(37)17-30-35-33-28(41-30)7-5-6-8-29-34-36-31(42-29)32-27(38)19-40-26-15-11-23(12-16-26)21(3)4;1-28(2,20-13-7-5-8-14-20)22(35)19-25-33-31-23(37-25)17-11-12-18-24-32-34-27(38-24)30-26(36)29(3,4)21-15-9-6-10-16-21;35-24(17-9-15-22-11-3-1-4-12-22)21-28-33-31-26(37-28)19-7-8-20-27-32-34-29(38-27)30-25(36)18-10-16-23-13-5-2-6-14-23/h9-16,20-21H,5-8,17-19H2,1-4H3,(H,32,36,38);5-10,13-16H,11-12,17-19H2,1-4H3,(H,30,34,36);22-23H,1-21H2,(H,30,34,36). The number of carbonyl (C=O) groups is 6. The first-order valence-electron chi connectivity index (χ1n) is 42.0. The molecule has 0 atom stereocenters. The molecule has 2 aliphatic carbocycles. The zero-order valence-corrected chi connectivity index (χ0v) is 74.5. The molecular weight excluding hydrogens is 1600 g/mol. The van der Waals surface area contributed by atoms with Gasteiger partial charge < -0.3 is 14.8 Å². The molecule has 12 rings (SSSR count). The van der Waals surface area contributed by atoms with Gasteiger partial charge in [0.1, 0.15) is 74.7 Å². The molecular formula is C89H115N15O8S6. The van der Waals surface area contributed by atoms with E-state index in [1.54, 1.807) is 11.3 Å². The second kappa shape index (κ2) is 47.9. The Bertz CT molecular complexity index is 4400. The van der Waals surface area contributed by atoms with Gasteiger partial charge in [-0.1, -0.05) is 217 Å². The Hall–Kier alpha value is -8.74. The average molecular weight is 1720 g/mol.